The summed E-state index contributed by atoms with van der Waals surface area (Å²) in [5, 5.41) is 3.18. The van der Waals surface area contributed by atoms with E-state index in [-0.39, 0.29) is 5.82 Å². The highest BCUT2D eigenvalue weighted by atomic mass is 32.2. The fraction of sp³-hybridized carbons (Fsp3) is 0.429. The van der Waals surface area contributed by atoms with Gasteiger partial charge in [0.25, 0.3) is 0 Å². The summed E-state index contributed by atoms with van der Waals surface area (Å²) in [6.07, 6.45) is 0.811. The molecule has 0 bridgehead atoms. The van der Waals surface area contributed by atoms with Crippen molar-refractivity contribution in [3.63, 3.8) is 0 Å². The first kappa shape index (κ1) is 16.4. The number of aryl methyl sites for hydroxylation is 1. The molecule has 0 unspecified atom stereocenters. The second kappa shape index (κ2) is 8.43. The lowest BCUT2D eigenvalue weighted by Crippen LogP contribution is -2.19. The minimum absolute atomic E-state index is 0.204. The van der Waals surface area contributed by atoms with E-state index in [4.69, 9.17) is 4.74 Å². The number of hydrogen-bond acceptors (Lipinski definition) is 6. The number of benzene rings is 1. The van der Waals surface area contributed by atoms with E-state index in [0.717, 1.165) is 21.5 Å². The lowest BCUT2D eigenvalue weighted by Gasteiger charge is -2.10. The quantitative estimate of drug-likeness (QED) is 0.755. The molecule has 0 saturated heterocycles. The third kappa shape index (κ3) is 4.74. The molecule has 1 aromatic heterocycles. The van der Waals surface area contributed by atoms with Crippen molar-refractivity contribution in [3.8, 4) is 0 Å². The van der Waals surface area contributed by atoms with Crippen LogP contribution >= 0.6 is 23.3 Å². The molecule has 4 nitrogen and oxygen atoms in total. The van der Waals surface area contributed by atoms with Crippen molar-refractivity contribution in [1.82, 2.24) is 14.7 Å². The number of methoxy groups -OCH3 is 1. The van der Waals surface area contributed by atoms with Gasteiger partial charge in [0.05, 0.1) is 6.61 Å². The van der Waals surface area contributed by atoms with Crippen LogP contribution in [0.1, 0.15) is 18.3 Å². The molecule has 7 heteroatoms. The van der Waals surface area contributed by atoms with Crippen molar-refractivity contribution in [2.75, 3.05) is 20.3 Å². The molecule has 1 aromatic carbocycles. The second-order valence-electron chi connectivity index (χ2n) is 4.32. The van der Waals surface area contributed by atoms with E-state index in [1.54, 1.807) is 13.2 Å². The molecule has 0 atom stereocenters. The summed E-state index contributed by atoms with van der Waals surface area (Å²) in [7, 11) is 1.65. The number of nitrogens with zero attached hydrogens (tertiary/aromatic N) is 2. The van der Waals surface area contributed by atoms with Gasteiger partial charge in [-0.1, -0.05) is 24.8 Å². The molecule has 0 saturated carbocycles. The Morgan fingerprint density at radius 2 is 2.29 bits per heavy atom. The molecular formula is C14H18FN3OS2. The summed E-state index contributed by atoms with van der Waals surface area (Å²) in [6, 6.07) is 5.11. The Balaban J connectivity index is 2.09. The largest absolute Gasteiger partial charge is 0.383 e. The molecule has 0 radical (unpaired) electrons. The first-order valence-electron chi connectivity index (χ1n) is 6.72. The first-order valence-corrected chi connectivity index (χ1v) is 8.31. The summed E-state index contributed by atoms with van der Waals surface area (Å²) in [5.74, 6) is 0.629. The molecule has 21 heavy (non-hydrogen) atoms. The maximum Gasteiger partial charge on any atom is 0.174 e. The van der Waals surface area contributed by atoms with E-state index < -0.39 is 0 Å². The molecule has 1 heterocycles. The monoisotopic (exact) mass is 327 g/mol. The van der Waals surface area contributed by atoms with Gasteiger partial charge in [-0.2, -0.15) is 4.37 Å². The zero-order valence-corrected chi connectivity index (χ0v) is 13.7. The van der Waals surface area contributed by atoms with Crippen LogP contribution in [0.15, 0.2) is 27.4 Å². The number of hydrogen-bond donors (Lipinski definition) is 1. The van der Waals surface area contributed by atoms with Crippen LogP contribution < -0.4 is 5.32 Å². The van der Waals surface area contributed by atoms with Crippen molar-refractivity contribution >= 4 is 23.3 Å². The van der Waals surface area contributed by atoms with Crippen LogP contribution in [0.5, 0.6) is 0 Å². The Bertz CT molecular complexity index is 577. The van der Waals surface area contributed by atoms with E-state index in [2.05, 4.69) is 14.7 Å². The van der Waals surface area contributed by atoms with E-state index in [1.807, 2.05) is 13.0 Å². The van der Waals surface area contributed by atoms with Crippen LogP contribution in [0.2, 0.25) is 0 Å². The van der Waals surface area contributed by atoms with Crippen molar-refractivity contribution in [2.24, 2.45) is 0 Å². The van der Waals surface area contributed by atoms with Gasteiger partial charge in [0.15, 0.2) is 4.34 Å². The minimum Gasteiger partial charge on any atom is -0.383 e. The highest BCUT2D eigenvalue weighted by molar-refractivity contribution is 8.01. The molecule has 0 aliphatic heterocycles. The van der Waals surface area contributed by atoms with E-state index in [0.29, 0.717) is 25.3 Å². The summed E-state index contributed by atoms with van der Waals surface area (Å²) >= 11 is 2.82. The van der Waals surface area contributed by atoms with Crippen LogP contribution in [-0.4, -0.2) is 29.6 Å². The maximum absolute atomic E-state index is 14.0. The predicted molar refractivity (Wildman–Crippen MR) is 83.4 cm³/mol. The van der Waals surface area contributed by atoms with Crippen molar-refractivity contribution < 1.29 is 9.13 Å². The highest BCUT2D eigenvalue weighted by Crippen LogP contribution is 2.32. The van der Waals surface area contributed by atoms with E-state index in [1.165, 1.54) is 29.4 Å². The molecule has 1 N–H and O–H groups in total. The Hall–Kier alpha value is -1.02. The Kier molecular flexibility index (Phi) is 6.56. The Labute approximate surface area is 132 Å². The molecule has 114 valence electrons. The number of halogens is 1. The average molecular weight is 327 g/mol. The molecule has 0 amide bonds. The molecule has 2 rings (SSSR count). The summed E-state index contributed by atoms with van der Waals surface area (Å²) < 4.78 is 24.1. The highest BCUT2D eigenvalue weighted by Gasteiger charge is 2.12. The summed E-state index contributed by atoms with van der Waals surface area (Å²) in [5.41, 5.74) is 0.659. The smallest absolute Gasteiger partial charge is 0.174 e. The van der Waals surface area contributed by atoms with Crippen LogP contribution in [0.4, 0.5) is 4.39 Å². The third-order valence-corrected chi connectivity index (χ3v) is 4.71. The van der Waals surface area contributed by atoms with Gasteiger partial charge in [-0.15, -0.1) is 0 Å². The van der Waals surface area contributed by atoms with Crippen LogP contribution in [0.25, 0.3) is 0 Å². The number of rotatable bonds is 8. The number of ether oxygens (including phenoxy) is 1. The lowest BCUT2D eigenvalue weighted by molar-refractivity contribution is 0.199. The topological polar surface area (TPSA) is 47.0 Å². The van der Waals surface area contributed by atoms with Gasteiger partial charge in [0, 0.05) is 37.1 Å². The van der Waals surface area contributed by atoms with Gasteiger partial charge < -0.3 is 10.1 Å². The van der Waals surface area contributed by atoms with Crippen LogP contribution in [-0.2, 0) is 17.7 Å². The zero-order chi connectivity index (χ0) is 15.1. The van der Waals surface area contributed by atoms with Gasteiger partial charge in [-0.3, -0.25) is 0 Å². The third-order valence-electron chi connectivity index (χ3n) is 2.82. The predicted octanol–water partition coefficient (Wildman–Crippen LogP) is 3.13. The number of aromatic nitrogens is 2. The molecule has 0 aliphatic carbocycles. The SMILES string of the molecule is CCc1nsc(Sc2cccc(F)c2CNCCOC)n1. The summed E-state index contributed by atoms with van der Waals surface area (Å²) in [6.45, 7) is 3.78. The Morgan fingerprint density at radius 1 is 1.43 bits per heavy atom. The van der Waals surface area contributed by atoms with E-state index >= 15 is 0 Å². The molecular weight excluding hydrogens is 309 g/mol. The zero-order valence-electron chi connectivity index (χ0n) is 12.1. The van der Waals surface area contributed by atoms with Crippen molar-refractivity contribution in [2.45, 2.75) is 29.1 Å². The van der Waals surface area contributed by atoms with Crippen molar-refractivity contribution in [1.29, 1.82) is 0 Å². The maximum atomic E-state index is 14.0. The molecule has 0 fully saturated rings. The molecule has 0 spiro atoms. The van der Waals surface area contributed by atoms with Crippen molar-refractivity contribution in [3.05, 3.63) is 35.4 Å². The molecule has 0 aliphatic rings. The van der Waals surface area contributed by atoms with Gasteiger partial charge in [-0.05, 0) is 23.7 Å². The van der Waals surface area contributed by atoms with Gasteiger partial charge >= 0.3 is 0 Å². The van der Waals surface area contributed by atoms with Gasteiger partial charge in [-0.25, -0.2) is 9.37 Å². The average Bonchev–Trinajstić information content (AvgIpc) is 2.93. The van der Waals surface area contributed by atoms with Crippen LogP contribution in [0, 0.1) is 5.82 Å². The van der Waals surface area contributed by atoms with Crippen LogP contribution in [0.3, 0.4) is 0 Å². The standard InChI is InChI=1S/C14H18FN3OS2/c1-3-13-17-14(21-18-13)20-12-6-4-5-11(15)10(12)9-16-7-8-19-2/h4-6,16H,3,7-9H2,1-2H3. The fourth-order valence-corrected chi connectivity index (χ4v) is 3.52. The lowest BCUT2D eigenvalue weighted by atomic mass is 10.2. The second-order valence-corrected chi connectivity index (χ2v) is 6.36. The first-order chi connectivity index (χ1) is 10.2. The fourth-order valence-electron chi connectivity index (χ4n) is 1.71. The Morgan fingerprint density at radius 3 is 3.00 bits per heavy atom. The van der Waals surface area contributed by atoms with Gasteiger partial charge in [0.2, 0.25) is 0 Å². The molecule has 2 aromatic rings. The van der Waals surface area contributed by atoms with E-state index in [9.17, 15) is 4.39 Å². The normalized spacial score (nSPS) is 11.0. The number of nitrogens with one attached hydrogen (secondary N) is 1. The minimum atomic E-state index is -0.204. The summed E-state index contributed by atoms with van der Waals surface area (Å²) in [4.78, 5) is 5.29. The van der Waals surface area contributed by atoms with Gasteiger partial charge in [0.1, 0.15) is 11.6 Å².